The molecule has 0 atom stereocenters. The lowest BCUT2D eigenvalue weighted by molar-refractivity contribution is -0.451. The van der Waals surface area contributed by atoms with Crippen LogP contribution in [0, 0.1) is 0 Å². The molecule has 1 rings (SSSR count). The first kappa shape index (κ1) is 43.1. The first-order chi connectivity index (χ1) is 21.4. The molecule has 0 fully saturated rings. The van der Waals surface area contributed by atoms with E-state index in [0.29, 0.717) is 12.1 Å². The third kappa shape index (κ3) is 8.65. The molecule has 2 N–H and O–H groups in total. The lowest BCUT2D eigenvalue weighted by Gasteiger charge is -2.41. The van der Waals surface area contributed by atoms with E-state index in [9.17, 15) is 84.2 Å². The number of nitrogens with one attached hydrogen (secondary N) is 2. The van der Waals surface area contributed by atoms with E-state index < -0.39 is 94.1 Å². The Hall–Kier alpha value is -3.89. The van der Waals surface area contributed by atoms with Crippen LogP contribution in [0.4, 0.5) is 95.6 Å². The Kier molecular flexibility index (Phi) is 11.5. The van der Waals surface area contributed by atoms with Crippen LogP contribution in [0.5, 0.6) is 5.75 Å². The maximum absolute atomic E-state index is 14.5. The Morgan fingerprint density at radius 1 is 0.571 bits per heavy atom. The van der Waals surface area contributed by atoms with Crippen LogP contribution in [0.2, 0.25) is 0 Å². The molecule has 1 aromatic carbocycles. The molecule has 0 unspecified atom stereocenters. The van der Waals surface area contributed by atoms with Gasteiger partial charge in [-0.15, -0.1) is 0 Å². The quantitative estimate of drug-likeness (QED) is 0.184. The van der Waals surface area contributed by atoms with Gasteiger partial charge in [-0.05, 0) is 53.7 Å². The molecule has 0 spiro atoms. The molecule has 2 amide bonds. The van der Waals surface area contributed by atoms with Gasteiger partial charge in [0.2, 0.25) is 5.83 Å². The Bertz CT molecular complexity index is 1430. The molecule has 0 heterocycles. The Labute approximate surface area is 263 Å². The average molecular weight is 754 g/mol. The summed E-state index contributed by atoms with van der Waals surface area (Å²) in [6, 6.07) is -2.08. The molecule has 0 aliphatic heterocycles. The van der Waals surface area contributed by atoms with Crippen molar-refractivity contribution in [1.29, 1.82) is 0 Å². The zero-order chi connectivity index (χ0) is 39.2. The number of benzene rings is 1. The summed E-state index contributed by atoms with van der Waals surface area (Å²) in [5.74, 6) is -56.7. The van der Waals surface area contributed by atoms with Gasteiger partial charge in [0.05, 0.1) is 5.69 Å². The summed E-state index contributed by atoms with van der Waals surface area (Å²) in [6.07, 6.45) is -10.7. The molecule has 282 valence electrons. The zero-order valence-electron chi connectivity index (χ0n) is 25.2. The predicted octanol–water partition coefficient (Wildman–Crippen LogP) is 10.2. The number of anilines is 2. The summed E-state index contributed by atoms with van der Waals surface area (Å²) >= 11 is 0. The Morgan fingerprint density at radius 3 is 1.37 bits per heavy atom. The normalized spacial score (nSPS) is 14.9. The second-order valence-corrected chi connectivity index (χ2v) is 11.6. The number of amides is 2. The van der Waals surface area contributed by atoms with E-state index in [1.807, 2.05) is 5.32 Å². The minimum absolute atomic E-state index is 0.294. The number of alkyl halides is 15. The first-order valence-corrected chi connectivity index (χ1v) is 12.6. The van der Waals surface area contributed by atoms with Crippen LogP contribution in [0.1, 0.15) is 41.5 Å². The van der Waals surface area contributed by atoms with Crippen molar-refractivity contribution in [3.8, 4) is 5.75 Å². The van der Waals surface area contributed by atoms with Crippen molar-refractivity contribution in [3.05, 3.63) is 30.0 Å². The number of carbonyl (C=O) groups is 2. The van der Waals surface area contributed by atoms with Crippen molar-refractivity contribution in [2.45, 2.75) is 94.5 Å². The lowest BCUT2D eigenvalue weighted by atomic mass is 9.91. The van der Waals surface area contributed by atoms with E-state index in [2.05, 4.69) is 4.74 Å². The minimum Gasteiger partial charge on any atom is -0.444 e. The Balaban J connectivity index is 3.76. The number of hydrogen-bond donors (Lipinski definition) is 2. The zero-order valence-corrected chi connectivity index (χ0v) is 25.2. The van der Waals surface area contributed by atoms with Crippen molar-refractivity contribution in [2.24, 2.45) is 0 Å². The van der Waals surface area contributed by atoms with Crippen LogP contribution in [0.25, 0.3) is 0 Å². The maximum Gasteiger partial charge on any atom is 0.460 e. The smallest absolute Gasteiger partial charge is 0.444 e. The van der Waals surface area contributed by atoms with E-state index in [1.165, 1.54) is 41.5 Å². The van der Waals surface area contributed by atoms with E-state index in [-0.39, 0.29) is 0 Å². The standard InChI is InChI=1S/C25H23F17N2O5/c1-17(2,3)48-15(45)43-10-7-8-11(44-16(46)49-18(4,5)6)12(9-10)47-14(27)13(26)19(28,29)20(30,31)21(32,33)22(34,35)23(36,37)24(38,39)25(40,41)42/h7-9H,1-6H3,(H,43,45)(H,44,46). The van der Waals surface area contributed by atoms with Gasteiger partial charge in [0.1, 0.15) is 11.2 Å². The average Bonchev–Trinajstić information content (AvgIpc) is 2.86. The molecule has 1 aromatic rings. The van der Waals surface area contributed by atoms with Crippen LogP contribution in [0.3, 0.4) is 0 Å². The predicted molar refractivity (Wildman–Crippen MR) is 132 cm³/mol. The molecule has 24 heteroatoms. The summed E-state index contributed by atoms with van der Waals surface area (Å²) in [6.45, 7) is 7.94. The van der Waals surface area contributed by atoms with Crippen LogP contribution in [-0.4, -0.2) is 65.1 Å². The van der Waals surface area contributed by atoms with Gasteiger partial charge in [-0.2, -0.15) is 74.6 Å². The van der Waals surface area contributed by atoms with Crippen molar-refractivity contribution in [3.63, 3.8) is 0 Å². The fourth-order valence-corrected chi connectivity index (χ4v) is 2.99. The molecular weight excluding hydrogens is 731 g/mol. The van der Waals surface area contributed by atoms with Gasteiger partial charge in [0.25, 0.3) is 0 Å². The summed E-state index contributed by atoms with van der Waals surface area (Å²) in [7, 11) is 0. The monoisotopic (exact) mass is 754 g/mol. The fraction of sp³-hybridized carbons (Fsp3) is 0.600. The van der Waals surface area contributed by atoms with E-state index in [4.69, 9.17) is 9.47 Å². The van der Waals surface area contributed by atoms with Gasteiger partial charge in [0.15, 0.2) is 5.75 Å². The third-order valence-corrected chi connectivity index (χ3v) is 5.24. The van der Waals surface area contributed by atoms with E-state index in [1.54, 1.807) is 5.32 Å². The highest BCUT2D eigenvalue weighted by Crippen LogP contribution is 2.63. The van der Waals surface area contributed by atoms with Gasteiger partial charge < -0.3 is 14.2 Å². The van der Waals surface area contributed by atoms with Gasteiger partial charge in [-0.25, -0.2) is 9.59 Å². The SMILES string of the molecule is CC(C)(C)OC(=O)Nc1ccc(NC(=O)OC(C)(C)C)c(OC(F)=C(F)C(F)(F)C(F)(F)C(F)(F)C(F)(F)C(F)(F)C(F)(F)C(F)(F)F)c1. The summed E-state index contributed by atoms with van der Waals surface area (Å²) in [4.78, 5) is 24.1. The molecule has 0 aromatic heterocycles. The summed E-state index contributed by atoms with van der Waals surface area (Å²) in [5.41, 5.74) is -4.07. The lowest BCUT2D eigenvalue weighted by Crippen LogP contribution is -2.72. The second kappa shape index (κ2) is 13.1. The topological polar surface area (TPSA) is 85.9 Å². The number of carbonyl (C=O) groups excluding carboxylic acids is 2. The highest BCUT2D eigenvalue weighted by molar-refractivity contribution is 5.90. The molecule has 0 radical (unpaired) electrons. The molecule has 0 bridgehead atoms. The van der Waals surface area contributed by atoms with E-state index >= 15 is 0 Å². The molecule has 0 aliphatic rings. The minimum atomic E-state index is -8.75. The molecule has 49 heavy (non-hydrogen) atoms. The van der Waals surface area contributed by atoms with Crippen molar-refractivity contribution < 1.29 is 98.4 Å². The third-order valence-electron chi connectivity index (χ3n) is 5.24. The number of hydrogen-bond acceptors (Lipinski definition) is 5. The molecule has 0 saturated carbocycles. The van der Waals surface area contributed by atoms with Gasteiger partial charge in [-0.3, -0.25) is 10.6 Å². The Morgan fingerprint density at radius 2 is 0.959 bits per heavy atom. The van der Waals surface area contributed by atoms with E-state index in [0.717, 1.165) is 6.07 Å². The summed E-state index contributed by atoms with van der Waals surface area (Å²) in [5, 5.41) is 3.65. The largest absolute Gasteiger partial charge is 0.460 e. The summed E-state index contributed by atoms with van der Waals surface area (Å²) < 4.78 is 244. The number of halogens is 17. The highest BCUT2D eigenvalue weighted by atomic mass is 19.4. The first-order valence-electron chi connectivity index (χ1n) is 12.6. The van der Waals surface area contributed by atoms with Crippen LogP contribution < -0.4 is 15.4 Å². The van der Waals surface area contributed by atoms with Gasteiger partial charge >= 0.3 is 59.9 Å². The van der Waals surface area contributed by atoms with Crippen molar-refractivity contribution in [2.75, 3.05) is 10.6 Å². The number of allylic oxidation sites excluding steroid dienone is 1. The molecule has 7 nitrogen and oxygen atoms in total. The molecule has 0 aliphatic carbocycles. The maximum atomic E-state index is 14.5. The number of ether oxygens (including phenoxy) is 3. The van der Waals surface area contributed by atoms with Crippen LogP contribution >= 0.6 is 0 Å². The van der Waals surface area contributed by atoms with Crippen LogP contribution in [0.15, 0.2) is 30.0 Å². The highest BCUT2D eigenvalue weighted by Gasteiger charge is 2.94. The second-order valence-electron chi connectivity index (χ2n) is 11.6. The fourth-order valence-electron chi connectivity index (χ4n) is 2.99. The van der Waals surface area contributed by atoms with Gasteiger partial charge in [0, 0.05) is 11.8 Å². The van der Waals surface area contributed by atoms with Gasteiger partial charge in [-0.1, -0.05) is 0 Å². The van der Waals surface area contributed by atoms with Crippen molar-refractivity contribution in [1.82, 2.24) is 0 Å². The number of rotatable bonds is 10. The molecule has 0 saturated heterocycles. The molecular formula is C25H23F17N2O5. The van der Waals surface area contributed by atoms with Crippen molar-refractivity contribution >= 4 is 23.6 Å². The van der Waals surface area contributed by atoms with Crippen LogP contribution in [-0.2, 0) is 9.47 Å².